The van der Waals surface area contributed by atoms with Crippen LogP contribution in [0.15, 0.2) is 78.4 Å². The Hall–Kier alpha value is -5.11. The molecule has 1 aliphatic heterocycles. The summed E-state index contributed by atoms with van der Waals surface area (Å²) in [6, 6.07) is 13.2. The lowest BCUT2D eigenvalue weighted by Gasteiger charge is -2.44. The summed E-state index contributed by atoms with van der Waals surface area (Å²) >= 11 is 0. The van der Waals surface area contributed by atoms with Gasteiger partial charge in [-0.3, -0.25) is 14.8 Å². The van der Waals surface area contributed by atoms with Gasteiger partial charge in [-0.05, 0) is 42.3 Å². The molecule has 4 aromatic rings. The number of anilines is 3. The van der Waals surface area contributed by atoms with Gasteiger partial charge in [-0.25, -0.2) is 9.97 Å². The summed E-state index contributed by atoms with van der Waals surface area (Å²) in [4.78, 5) is 38.3. The topological polar surface area (TPSA) is 135 Å². The normalized spacial score (nSPS) is 15.7. The second kappa shape index (κ2) is 11.5. The van der Waals surface area contributed by atoms with Crippen LogP contribution < -0.4 is 15.5 Å². The third kappa shape index (κ3) is 5.75. The Morgan fingerprint density at radius 1 is 1.03 bits per heavy atom. The van der Waals surface area contributed by atoms with E-state index in [1.807, 2.05) is 36.5 Å². The van der Waals surface area contributed by atoms with Crippen LogP contribution in [0, 0.1) is 17.4 Å². The van der Waals surface area contributed by atoms with Crippen LogP contribution in [0.4, 0.5) is 17.2 Å². The van der Waals surface area contributed by atoms with Gasteiger partial charge in [0.05, 0.1) is 29.6 Å². The molecule has 11 nitrogen and oxygen atoms in total. The van der Waals surface area contributed by atoms with Gasteiger partial charge in [0.15, 0.2) is 0 Å². The minimum atomic E-state index is -0.336. The lowest BCUT2D eigenvalue weighted by molar-refractivity contribution is 0.102. The van der Waals surface area contributed by atoms with Gasteiger partial charge < -0.3 is 20.4 Å². The molecule has 1 atom stereocenters. The first-order valence-electron chi connectivity index (χ1n) is 12.7. The van der Waals surface area contributed by atoms with E-state index in [0.29, 0.717) is 37.1 Å². The van der Waals surface area contributed by atoms with E-state index in [4.69, 9.17) is 0 Å². The van der Waals surface area contributed by atoms with Crippen molar-refractivity contribution in [2.45, 2.75) is 19.9 Å². The maximum Gasteiger partial charge on any atom is 0.275 e. The number of amides is 1. The zero-order valence-electron chi connectivity index (χ0n) is 21.7. The van der Waals surface area contributed by atoms with Crippen molar-refractivity contribution >= 4 is 40.0 Å². The summed E-state index contributed by atoms with van der Waals surface area (Å²) in [7, 11) is 0. The lowest BCUT2D eigenvalue weighted by Crippen LogP contribution is -2.58. The van der Waals surface area contributed by atoms with Crippen LogP contribution in [0.2, 0.25) is 0 Å². The number of rotatable bonds is 5. The number of nitrogens with zero attached hydrogens (tertiary/aromatic N) is 8. The molecule has 2 N–H and O–H groups in total. The van der Waals surface area contributed by atoms with E-state index in [9.17, 15) is 10.1 Å². The Labute approximate surface area is 226 Å². The quantitative estimate of drug-likeness (QED) is 0.229. The predicted octanol–water partition coefficient (Wildman–Crippen LogP) is 3.77. The maximum atomic E-state index is 12.5. The Morgan fingerprint density at radius 3 is 2.62 bits per heavy atom. The smallest absolute Gasteiger partial charge is 0.275 e. The van der Waals surface area contributed by atoms with Crippen LogP contribution in [-0.4, -0.2) is 62.4 Å². The first-order valence-corrected chi connectivity index (χ1v) is 12.7. The molecule has 39 heavy (non-hydrogen) atoms. The van der Waals surface area contributed by atoms with E-state index < -0.39 is 0 Å². The molecule has 5 rings (SSSR count). The lowest BCUT2D eigenvalue weighted by atomic mass is 9.99. The maximum absolute atomic E-state index is 12.5. The molecule has 0 aliphatic carbocycles. The van der Waals surface area contributed by atoms with E-state index in [1.54, 1.807) is 36.9 Å². The molecule has 4 heterocycles. The van der Waals surface area contributed by atoms with Gasteiger partial charge in [-0.2, -0.15) is 5.26 Å². The summed E-state index contributed by atoms with van der Waals surface area (Å²) < 4.78 is 0. The number of pyridine rings is 2. The van der Waals surface area contributed by atoms with E-state index >= 15 is 0 Å². The van der Waals surface area contributed by atoms with Crippen LogP contribution in [0.25, 0.3) is 10.9 Å². The fourth-order valence-electron chi connectivity index (χ4n) is 4.63. The molecule has 0 spiro atoms. The van der Waals surface area contributed by atoms with Crippen LogP contribution in [0.3, 0.4) is 0 Å². The summed E-state index contributed by atoms with van der Waals surface area (Å²) in [6.07, 6.45) is 10.0. The third-order valence-electron chi connectivity index (χ3n) is 6.64. The molecule has 196 valence electrons. The second-order valence-electron chi connectivity index (χ2n) is 9.44. The van der Waals surface area contributed by atoms with Gasteiger partial charge in [0.2, 0.25) is 12.2 Å². The molecule has 1 aromatic carbocycles. The van der Waals surface area contributed by atoms with E-state index in [-0.39, 0.29) is 23.6 Å². The van der Waals surface area contributed by atoms with Crippen molar-refractivity contribution in [3.63, 3.8) is 0 Å². The van der Waals surface area contributed by atoms with Gasteiger partial charge in [-0.1, -0.05) is 19.9 Å². The van der Waals surface area contributed by atoms with Crippen LogP contribution in [0.1, 0.15) is 24.3 Å². The van der Waals surface area contributed by atoms with E-state index in [1.165, 1.54) is 6.20 Å². The Kier molecular flexibility index (Phi) is 7.54. The van der Waals surface area contributed by atoms with Crippen LogP contribution in [-0.2, 0) is 0 Å². The largest absolute Gasteiger partial charge is 0.351 e. The molecule has 0 saturated carbocycles. The van der Waals surface area contributed by atoms with Crippen LogP contribution >= 0.6 is 0 Å². The minimum absolute atomic E-state index is 0.0444. The fraction of sp³-hybridized carbons (Fsp3) is 0.250. The number of nitriles is 1. The first-order chi connectivity index (χ1) is 19.0. The Bertz CT molecular complexity index is 1510. The second-order valence-corrected chi connectivity index (χ2v) is 9.44. The molecular formula is C28H28N10O. The molecule has 1 fully saturated rings. The molecule has 11 heteroatoms. The third-order valence-corrected chi connectivity index (χ3v) is 6.64. The van der Waals surface area contributed by atoms with Crippen molar-refractivity contribution < 1.29 is 4.79 Å². The highest BCUT2D eigenvalue weighted by Gasteiger charge is 2.32. The summed E-state index contributed by atoms with van der Waals surface area (Å²) in [6.45, 7) is 6.20. The average molecular weight is 521 g/mol. The standard InChI is InChI=1S/C28H28N10O/c1-19(2)25-17-37(26-16-32-24(15-33-26)27(39)35-20-8-11-30-12-9-20)13-14-38(25)28(34-18-29)36-23-7-3-6-22-21(23)5-4-10-31-22/h3-12,15-16,19,25H,13-14,17H2,1-2H3,(H,34,36)(H,30,35,39). The monoisotopic (exact) mass is 520 g/mol. The van der Waals surface area contributed by atoms with Crippen molar-refractivity contribution in [3.05, 3.63) is 79.1 Å². The zero-order chi connectivity index (χ0) is 27.2. The number of nitrogens with one attached hydrogen (secondary N) is 2. The number of aliphatic imine (C=N–C) groups is 1. The summed E-state index contributed by atoms with van der Waals surface area (Å²) in [5.41, 5.74) is 2.57. The number of hydrogen-bond acceptors (Lipinski definition) is 8. The number of fused-ring (bicyclic) bond motifs is 1. The number of carbonyl (C=O) groups is 1. The highest BCUT2D eigenvalue weighted by Crippen LogP contribution is 2.25. The van der Waals surface area contributed by atoms with Gasteiger partial charge in [0.25, 0.3) is 5.91 Å². The summed E-state index contributed by atoms with van der Waals surface area (Å²) in [5.74, 6) is 1.11. The van der Waals surface area contributed by atoms with E-state index in [2.05, 4.69) is 59.2 Å². The predicted molar refractivity (Wildman–Crippen MR) is 150 cm³/mol. The van der Waals surface area contributed by atoms with Gasteiger partial charge in [-0.15, -0.1) is 4.99 Å². The van der Waals surface area contributed by atoms with E-state index in [0.717, 1.165) is 16.6 Å². The number of hydrogen-bond donors (Lipinski definition) is 2. The zero-order valence-corrected chi connectivity index (χ0v) is 21.7. The molecule has 0 bridgehead atoms. The van der Waals surface area contributed by atoms with Crippen LogP contribution in [0.5, 0.6) is 0 Å². The first kappa shape index (κ1) is 25.5. The molecule has 1 amide bonds. The van der Waals surface area contributed by atoms with Crippen molar-refractivity contribution in [1.29, 1.82) is 5.26 Å². The van der Waals surface area contributed by atoms with Gasteiger partial charge in [0.1, 0.15) is 11.5 Å². The Morgan fingerprint density at radius 2 is 1.87 bits per heavy atom. The van der Waals surface area contributed by atoms with Crippen molar-refractivity contribution in [2.75, 3.05) is 35.2 Å². The number of aromatic nitrogens is 4. The number of benzene rings is 1. The van der Waals surface area contributed by atoms with Gasteiger partial charge in [0, 0.05) is 49.3 Å². The van der Waals surface area contributed by atoms with Crippen molar-refractivity contribution in [3.8, 4) is 6.19 Å². The summed E-state index contributed by atoms with van der Waals surface area (Å²) in [5, 5.41) is 16.6. The molecule has 0 radical (unpaired) electrons. The molecule has 1 saturated heterocycles. The highest BCUT2D eigenvalue weighted by atomic mass is 16.1. The molecule has 1 aliphatic rings. The number of guanidine groups is 1. The van der Waals surface area contributed by atoms with Crippen molar-refractivity contribution in [2.24, 2.45) is 10.9 Å². The number of piperazine rings is 1. The highest BCUT2D eigenvalue weighted by molar-refractivity contribution is 6.03. The average Bonchev–Trinajstić information content (AvgIpc) is 2.97. The van der Waals surface area contributed by atoms with Crippen molar-refractivity contribution in [1.82, 2.24) is 24.8 Å². The Balaban J connectivity index is 1.31. The molecule has 1 unspecified atom stereocenters. The molecular weight excluding hydrogens is 492 g/mol. The fourth-order valence-corrected chi connectivity index (χ4v) is 4.63. The molecule has 3 aromatic heterocycles. The minimum Gasteiger partial charge on any atom is -0.351 e. The van der Waals surface area contributed by atoms with Gasteiger partial charge >= 0.3 is 0 Å². The number of carbonyl (C=O) groups excluding carboxylic acids is 1. The SMILES string of the molecule is CC(C)C1CN(c2cnc(C(=O)Nc3ccncc3)cn2)CCN1/C(=N\C#N)Nc1cccc2ncccc12.